The molecule has 0 unspecified atom stereocenters. The normalized spacial score (nSPS) is 11.8. The molecule has 0 saturated heterocycles. The number of ether oxygens (including phenoxy) is 2. The summed E-state index contributed by atoms with van der Waals surface area (Å²) in [5.41, 5.74) is 0.667. The van der Waals surface area contributed by atoms with E-state index in [4.69, 9.17) is 9.47 Å². The molecule has 0 aliphatic heterocycles. The van der Waals surface area contributed by atoms with Gasteiger partial charge in [-0.05, 0) is 105 Å². The van der Waals surface area contributed by atoms with Crippen LogP contribution in [0.15, 0.2) is 144 Å². The molecule has 19 nitrogen and oxygen atoms in total. The number of anilines is 2. The van der Waals surface area contributed by atoms with Gasteiger partial charge in [-0.3, -0.25) is 13.7 Å². The van der Waals surface area contributed by atoms with Crippen molar-refractivity contribution in [1.29, 1.82) is 0 Å². The first-order valence-corrected chi connectivity index (χ1v) is 21.8. The number of nitrogens with zero attached hydrogens (tertiary/aromatic N) is 4. The van der Waals surface area contributed by atoms with Crippen molar-refractivity contribution >= 4 is 86.0 Å². The minimum absolute atomic E-state index is 0. The number of benzene rings is 7. The molecule has 0 aliphatic rings. The summed E-state index contributed by atoms with van der Waals surface area (Å²) in [7, 11) is -12.5. The third kappa shape index (κ3) is 11.7. The molecular formula is C40H28N5Na3O14S3. The van der Waals surface area contributed by atoms with Crippen molar-refractivity contribution < 1.29 is 152 Å². The van der Waals surface area contributed by atoms with Gasteiger partial charge in [0.2, 0.25) is 0 Å². The van der Waals surface area contributed by atoms with Gasteiger partial charge in [0.05, 0.1) is 30.5 Å². The Bertz CT molecular complexity index is 3380. The maximum absolute atomic E-state index is 13.6. The summed E-state index contributed by atoms with van der Waals surface area (Å²) in [6.45, 7) is 0. The molecule has 0 radical (unpaired) electrons. The summed E-state index contributed by atoms with van der Waals surface area (Å²) in [5, 5.41) is 57.6. The van der Waals surface area contributed by atoms with E-state index in [2.05, 4.69) is 25.8 Å². The van der Waals surface area contributed by atoms with Crippen LogP contribution in [0.4, 0.5) is 34.1 Å². The van der Waals surface area contributed by atoms with Gasteiger partial charge in [-0.25, -0.2) is 0 Å². The van der Waals surface area contributed by atoms with Crippen molar-refractivity contribution in [3.05, 3.63) is 109 Å². The van der Waals surface area contributed by atoms with Crippen molar-refractivity contribution in [2.24, 2.45) is 20.5 Å². The second-order valence-corrected chi connectivity index (χ2v) is 17.4. The van der Waals surface area contributed by atoms with E-state index in [1.807, 2.05) is 30.3 Å². The van der Waals surface area contributed by atoms with Crippen LogP contribution in [0.2, 0.25) is 0 Å². The van der Waals surface area contributed by atoms with Crippen LogP contribution in [0.5, 0.6) is 28.7 Å². The molecule has 7 aromatic carbocycles. The van der Waals surface area contributed by atoms with Crippen LogP contribution in [0.1, 0.15) is 0 Å². The molecule has 318 valence electrons. The summed E-state index contributed by atoms with van der Waals surface area (Å²) >= 11 is 0. The molecule has 0 amide bonds. The van der Waals surface area contributed by atoms with Crippen LogP contribution >= 0.6 is 0 Å². The van der Waals surface area contributed by atoms with Crippen molar-refractivity contribution in [2.75, 3.05) is 19.5 Å². The molecule has 0 aromatic heterocycles. The van der Waals surface area contributed by atoms with Crippen LogP contribution in [-0.4, -0.2) is 53.1 Å². The molecule has 0 bridgehead atoms. The number of para-hydroxylation sites is 1. The summed E-state index contributed by atoms with van der Waals surface area (Å²) in [6, 6.07) is 25.6. The molecule has 4 N–H and O–H groups in total. The molecule has 0 saturated carbocycles. The Morgan fingerprint density at radius 2 is 1.03 bits per heavy atom. The summed E-state index contributed by atoms with van der Waals surface area (Å²) < 4.78 is 113. The van der Waals surface area contributed by atoms with Crippen LogP contribution in [-0.2, 0) is 30.4 Å². The van der Waals surface area contributed by atoms with Crippen molar-refractivity contribution in [2.45, 2.75) is 14.7 Å². The minimum atomic E-state index is -5.21. The van der Waals surface area contributed by atoms with E-state index in [0.717, 1.165) is 11.8 Å². The quantitative estimate of drug-likeness (QED) is 0.0598. The maximum Gasteiger partial charge on any atom is 1.00 e. The van der Waals surface area contributed by atoms with Gasteiger partial charge >= 0.3 is 88.7 Å². The fraction of sp³-hybridized carbons (Fsp3) is 0.0500. The minimum Gasteiger partial charge on any atom is -0.872 e. The van der Waals surface area contributed by atoms with Crippen molar-refractivity contribution in [1.82, 2.24) is 0 Å². The van der Waals surface area contributed by atoms with E-state index in [9.17, 15) is 54.2 Å². The van der Waals surface area contributed by atoms with E-state index >= 15 is 0 Å². The Morgan fingerprint density at radius 1 is 0.523 bits per heavy atom. The molecule has 7 aromatic rings. The first kappa shape index (κ1) is 53.4. The number of azo groups is 2. The van der Waals surface area contributed by atoms with Gasteiger partial charge in [-0.2, -0.15) is 25.3 Å². The zero-order valence-corrected chi connectivity index (χ0v) is 43.2. The third-order valence-electron chi connectivity index (χ3n) is 9.22. The zero-order valence-electron chi connectivity index (χ0n) is 34.7. The summed E-state index contributed by atoms with van der Waals surface area (Å²) in [4.78, 5) is -2.77. The SMILES string of the molecule is COc1cc(-c2ccc(N=Nc3c(S(=O)(=O)O)cc4cc(S(=O)(=O)O)cc([O-])c4c3[O-])c(OC)c2)ccc1N=Nc1c(S(=O)(=O)O)cc2cc(Nc3ccccc3)ccc2c1[O-].[Na+].[Na+].[Na+]. The van der Waals surface area contributed by atoms with Gasteiger partial charge in [0.1, 0.15) is 32.7 Å². The number of fused-ring (bicyclic) bond motifs is 2. The summed E-state index contributed by atoms with van der Waals surface area (Å²) in [5.74, 6) is -3.14. The van der Waals surface area contributed by atoms with Crippen LogP contribution in [0.3, 0.4) is 0 Å². The molecule has 7 rings (SSSR count). The van der Waals surface area contributed by atoms with Gasteiger partial charge in [0.15, 0.2) is 0 Å². The fourth-order valence-corrected chi connectivity index (χ4v) is 8.17. The molecule has 0 aliphatic carbocycles. The second kappa shape index (κ2) is 21.2. The van der Waals surface area contributed by atoms with Gasteiger partial charge < -0.3 is 30.1 Å². The molecular weight excluding hydrogens is 940 g/mol. The Kier molecular flexibility index (Phi) is 17.4. The Balaban J connectivity index is 0.00000308. The molecule has 0 fully saturated rings. The van der Waals surface area contributed by atoms with E-state index in [0.29, 0.717) is 35.0 Å². The van der Waals surface area contributed by atoms with E-state index < -0.39 is 84.4 Å². The van der Waals surface area contributed by atoms with Gasteiger partial charge in [0.25, 0.3) is 30.4 Å². The Morgan fingerprint density at radius 3 is 1.52 bits per heavy atom. The molecule has 0 spiro atoms. The monoisotopic (exact) mass is 967 g/mol. The van der Waals surface area contributed by atoms with Crippen molar-refractivity contribution in [3.63, 3.8) is 0 Å². The smallest absolute Gasteiger partial charge is 0.872 e. The second-order valence-electron chi connectivity index (χ2n) is 13.1. The third-order valence-corrected chi connectivity index (χ3v) is 11.8. The molecule has 25 heteroatoms. The van der Waals surface area contributed by atoms with Crippen LogP contribution in [0, 0.1) is 0 Å². The molecule has 65 heavy (non-hydrogen) atoms. The fourth-order valence-electron chi connectivity index (χ4n) is 6.33. The topological polar surface area (TPSA) is 312 Å². The van der Waals surface area contributed by atoms with Gasteiger partial charge in [0, 0.05) is 11.4 Å². The van der Waals surface area contributed by atoms with Crippen molar-refractivity contribution in [3.8, 4) is 39.9 Å². The average molecular weight is 968 g/mol. The average Bonchev–Trinajstić information content (AvgIpc) is 3.21. The van der Waals surface area contributed by atoms with E-state index in [1.54, 1.807) is 18.2 Å². The zero-order chi connectivity index (χ0) is 44.7. The predicted octanol–water partition coefficient (Wildman–Crippen LogP) is -1.78. The van der Waals surface area contributed by atoms with Crippen LogP contribution < -0.4 is 119 Å². The Labute approximate surface area is 437 Å². The first-order valence-electron chi connectivity index (χ1n) is 17.5. The van der Waals surface area contributed by atoms with Crippen LogP contribution in [0.25, 0.3) is 32.7 Å². The Hall–Kier alpha value is -4.21. The molecule has 0 heterocycles. The van der Waals surface area contributed by atoms with E-state index in [-0.39, 0.29) is 122 Å². The number of hydrogen-bond acceptors (Lipinski definition) is 16. The standard InChI is InChI=1S/C40H31N5O14S3.3Na/c1-58-32-16-21(8-12-29(32)42-44-37-34(61(52,53)54)18-23-14-26(10-11-28(23)39(37)47)41-25-6-4-3-5-7-25)22-9-13-30(33(17-22)59-2)43-45-38-35(62(55,56)57)19-24-15-27(60(49,50)51)20-31(46)36(24)40(38)48;;;/h3-20,41,46-48H,1-2H3,(H,49,50,51)(H,52,53,54)(H,55,56,57);;;/q;3*+1/p-3. The maximum atomic E-state index is 13.6. The number of methoxy groups -OCH3 is 2. The summed E-state index contributed by atoms with van der Waals surface area (Å²) in [6.07, 6.45) is 0. The van der Waals surface area contributed by atoms with E-state index in [1.165, 1.54) is 50.6 Å². The number of nitrogens with one attached hydrogen (secondary N) is 1. The first-order chi connectivity index (χ1) is 29.3. The number of rotatable bonds is 12. The molecule has 0 atom stereocenters. The van der Waals surface area contributed by atoms with Gasteiger partial charge in [-0.15, -0.1) is 26.2 Å². The largest absolute Gasteiger partial charge is 1.00 e. The predicted molar refractivity (Wildman–Crippen MR) is 219 cm³/mol. The number of hydrogen-bond donors (Lipinski definition) is 4. The van der Waals surface area contributed by atoms with Gasteiger partial charge in [-0.1, -0.05) is 47.9 Å².